The van der Waals surface area contributed by atoms with E-state index in [1.807, 2.05) is 18.7 Å². The van der Waals surface area contributed by atoms with Gasteiger partial charge in [0.25, 0.3) is 0 Å². The van der Waals surface area contributed by atoms with E-state index in [-0.39, 0.29) is 11.7 Å². The Morgan fingerprint density at radius 3 is 2.66 bits per heavy atom. The van der Waals surface area contributed by atoms with Gasteiger partial charge in [-0.05, 0) is 69.5 Å². The first-order valence-electron chi connectivity index (χ1n) is 12.5. The number of hydrogen-bond acceptors (Lipinski definition) is 8. The van der Waals surface area contributed by atoms with E-state index < -0.39 is 17.5 Å². The van der Waals surface area contributed by atoms with Crippen molar-refractivity contribution in [2.75, 3.05) is 19.0 Å². The normalized spacial score (nSPS) is 42.8. The zero-order valence-electron chi connectivity index (χ0n) is 20.0. The minimum absolute atomic E-state index is 0.114. The number of fused-ring (bicyclic) bond motifs is 2. The molecule has 5 rings (SSSR count). The molecule has 32 heavy (non-hydrogen) atoms. The lowest BCUT2D eigenvalue weighted by Crippen LogP contribution is -2.70. The van der Waals surface area contributed by atoms with Crippen LogP contribution in [0.25, 0.3) is 0 Å². The molecule has 184 valence electrons. The van der Waals surface area contributed by atoms with Crippen LogP contribution in [-0.4, -0.2) is 48.2 Å². The van der Waals surface area contributed by atoms with Crippen molar-refractivity contribution in [3.63, 3.8) is 0 Å². The summed E-state index contributed by atoms with van der Waals surface area (Å²) in [7, 11) is 0. The fourth-order valence-electron chi connectivity index (χ4n) is 6.13. The molecule has 0 aromatic heterocycles. The van der Waals surface area contributed by atoms with Gasteiger partial charge in [0.05, 0.1) is 13.2 Å². The van der Waals surface area contributed by atoms with Gasteiger partial charge in [0, 0.05) is 12.3 Å². The molecule has 1 spiro atoms. The van der Waals surface area contributed by atoms with Crippen LogP contribution in [0.15, 0.2) is 0 Å². The highest BCUT2D eigenvalue weighted by Crippen LogP contribution is 2.61. The summed E-state index contributed by atoms with van der Waals surface area (Å²) in [5.74, 6) is 2.13. The Morgan fingerprint density at radius 1 is 1.03 bits per heavy atom. The summed E-state index contributed by atoms with van der Waals surface area (Å²) >= 11 is 1.91. The number of carbonyl (C=O) groups excluding carboxylic acids is 1. The maximum atomic E-state index is 11.2. The average molecular weight is 473 g/mol. The third kappa shape index (κ3) is 4.81. The molecular formula is C24H40O7S. The second-order valence-electron chi connectivity index (χ2n) is 10.1. The third-order valence-electron chi connectivity index (χ3n) is 7.90. The van der Waals surface area contributed by atoms with Crippen LogP contribution in [0.5, 0.6) is 0 Å². The van der Waals surface area contributed by atoms with Gasteiger partial charge in [0.15, 0.2) is 11.9 Å². The first-order valence-corrected chi connectivity index (χ1v) is 13.6. The number of hydrogen-bond donors (Lipinski definition) is 0. The maximum absolute atomic E-state index is 11.2. The summed E-state index contributed by atoms with van der Waals surface area (Å²) in [5, 5.41) is 0. The molecule has 0 unspecified atom stereocenters. The first-order chi connectivity index (χ1) is 15.4. The minimum Gasteiger partial charge on any atom is -0.435 e. The predicted molar refractivity (Wildman–Crippen MR) is 121 cm³/mol. The topological polar surface area (TPSA) is 72.5 Å². The Balaban J connectivity index is 1.26. The Kier molecular flexibility index (Phi) is 7.98. The molecule has 0 aromatic rings. The maximum Gasteiger partial charge on any atom is 0.508 e. The van der Waals surface area contributed by atoms with E-state index in [1.165, 1.54) is 6.42 Å². The molecule has 8 heteroatoms. The van der Waals surface area contributed by atoms with Crippen molar-refractivity contribution >= 4 is 17.9 Å². The summed E-state index contributed by atoms with van der Waals surface area (Å²) < 4.78 is 22.8. The summed E-state index contributed by atoms with van der Waals surface area (Å²) in [4.78, 5) is 23.3. The molecule has 8 atom stereocenters. The van der Waals surface area contributed by atoms with Gasteiger partial charge >= 0.3 is 6.16 Å². The second kappa shape index (κ2) is 10.4. The summed E-state index contributed by atoms with van der Waals surface area (Å²) in [5.41, 5.74) is -0.355. The molecule has 5 aliphatic rings. The molecule has 5 fully saturated rings. The summed E-state index contributed by atoms with van der Waals surface area (Å²) in [6.07, 6.45) is 7.52. The van der Waals surface area contributed by atoms with Crippen LogP contribution in [0.1, 0.15) is 79.1 Å². The molecule has 4 heterocycles. The number of rotatable bonds is 9. The standard InChI is InChI=1S/C24H40O7S/c1-5-26-22(25)27-14-8-6-7-9-15-32-20-17(3)19-11-10-16(2)18-12-13-23(4)29-21(28-20)24(18,19)31-30-23/h16-21H,5-15H2,1-4H3/t16-,17-,18+,19+,20+,21-,23-,24-/m1/s1. The smallest absolute Gasteiger partial charge is 0.435 e. The van der Waals surface area contributed by atoms with Crippen molar-refractivity contribution in [1.29, 1.82) is 0 Å². The molecule has 4 aliphatic heterocycles. The number of carbonyl (C=O) groups is 1. The van der Waals surface area contributed by atoms with Crippen LogP contribution >= 0.6 is 11.8 Å². The van der Waals surface area contributed by atoms with Crippen LogP contribution in [-0.2, 0) is 28.7 Å². The Hall–Kier alpha value is -0.540. The van der Waals surface area contributed by atoms with Crippen molar-refractivity contribution in [2.45, 2.75) is 102 Å². The van der Waals surface area contributed by atoms with Gasteiger partial charge in [-0.15, -0.1) is 11.8 Å². The van der Waals surface area contributed by atoms with Crippen molar-refractivity contribution in [2.24, 2.45) is 23.7 Å². The van der Waals surface area contributed by atoms with E-state index in [0.717, 1.165) is 50.7 Å². The van der Waals surface area contributed by atoms with E-state index in [9.17, 15) is 4.79 Å². The molecule has 0 radical (unpaired) electrons. The van der Waals surface area contributed by atoms with Crippen LogP contribution < -0.4 is 0 Å². The van der Waals surface area contributed by atoms with Gasteiger partial charge in [-0.2, -0.15) is 0 Å². The van der Waals surface area contributed by atoms with E-state index >= 15 is 0 Å². The first kappa shape index (κ1) is 24.6. The zero-order valence-corrected chi connectivity index (χ0v) is 20.8. The molecule has 0 N–H and O–H groups in total. The van der Waals surface area contributed by atoms with Crippen LogP contribution in [0.4, 0.5) is 4.79 Å². The van der Waals surface area contributed by atoms with Gasteiger partial charge < -0.3 is 18.9 Å². The largest absolute Gasteiger partial charge is 0.508 e. The van der Waals surface area contributed by atoms with Gasteiger partial charge in [0.2, 0.25) is 5.79 Å². The SMILES string of the molecule is CCOC(=O)OCCCCCCS[C@@H]1O[C@@H]2O[C@@]3(C)CC[C@H]4[C@H](C)CC[C@@H]([C@H]1C)[C@@]24OO3. The highest BCUT2D eigenvalue weighted by molar-refractivity contribution is 7.99. The van der Waals surface area contributed by atoms with Crippen molar-refractivity contribution < 1.29 is 33.5 Å². The highest BCUT2D eigenvalue weighted by atomic mass is 32.2. The number of unbranched alkanes of at least 4 members (excludes halogenated alkanes) is 3. The number of ether oxygens (including phenoxy) is 4. The summed E-state index contributed by atoms with van der Waals surface area (Å²) in [6.45, 7) is 9.19. The lowest BCUT2D eigenvalue weighted by Gasteiger charge is -2.60. The van der Waals surface area contributed by atoms with Gasteiger partial charge in [-0.1, -0.05) is 26.7 Å². The lowest BCUT2D eigenvalue weighted by molar-refractivity contribution is -0.568. The van der Waals surface area contributed by atoms with Crippen molar-refractivity contribution in [1.82, 2.24) is 0 Å². The Labute approximate surface area is 196 Å². The predicted octanol–water partition coefficient (Wildman–Crippen LogP) is 5.66. The van der Waals surface area contributed by atoms with Gasteiger partial charge in [0.1, 0.15) is 5.44 Å². The second-order valence-corrected chi connectivity index (χ2v) is 11.3. The zero-order chi connectivity index (χ0) is 22.8. The van der Waals surface area contributed by atoms with Crippen LogP contribution in [0, 0.1) is 23.7 Å². The van der Waals surface area contributed by atoms with Crippen LogP contribution in [0.2, 0.25) is 0 Å². The third-order valence-corrected chi connectivity index (χ3v) is 9.29. The van der Waals surface area contributed by atoms with Gasteiger partial charge in [-0.3, -0.25) is 0 Å². The molecule has 0 aromatic carbocycles. The minimum atomic E-state index is -0.709. The average Bonchev–Trinajstić information content (AvgIpc) is 2.99. The quantitative estimate of drug-likeness (QED) is 0.242. The van der Waals surface area contributed by atoms with E-state index in [0.29, 0.717) is 36.9 Å². The molecule has 0 amide bonds. The van der Waals surface area contributed by atoms with E-state index in [4.69, 9.17) is 28.7 Å². The highest BCUT2D eigenvalue weighted by Gasteiger charge is 2.69. The lowest BCUT2D eigenvalue weighted by atomic mass is 9.58. The van der Waals surface area contributed by atoms with Crippen molar-refractivity contribution in [3.05, 3.63) is 0 Å². The molecule has 1 aliphatic carbocycles. The monoisotopic (exact) mass is 472 g/mol. The Morgan fingerprint density at radius 2 is 1.84 bits per heavy atom. The van der Waals surface area contributed by atoms with Crippen LogP contribution in [0.3, 0.4) is 0 Å². The molecule has 7 nitrogen and oxygen atoms in total. The van der Waals surface area contributed by atoms with Gasteiger partial charge in [-0.25, -0.2) is 14.6 Å². The van der Waals surface area contributed by atoms with Crippen molar-refractivity contribution in [3.8, 4) is 0 Å². The molecule has 2 bridgehead atoms. The Bertz CT molecular complexity index is 648. The number of thioether (sulfide) groups is 1. The molecule has 4 saturated heterocycles. The molecule has 1 saturated carbocycles. The fraction of sp³-hybridized carbons (Fsp3) is 0.958. The molecular weight excluding hydrogens is 432 g/mol. The van der Waals surface area contributed by atoms with E-state index in [1.54, 1.807) is 6.92 Å². The van der Waals surface area contributed by atoms with E-state index in [2.05, 4.69) is 13.8 Å². The summed E-state index contributed by atoms with van der Waals surface area (Å²) in [6, 6.07) is 0. The fourth-order valence-corrected chi connectivity index (χ4v) is 7.41.